The zero-order chi connectivity index (χ0) is 14.1. The monoisotopic (exact) mass is 288 g/mol. The molecule has 0 spiro atoms. The lowest BCUT2D eigenvalue weighted by atomic mass is 10.2. The van der Waals surface area contributed by atoms with Gasteiger partial charge in [-0.1, -0.05) is 24.3 Å². The summed E-state index contributed by atoms with van der Waals surface area (Å²) in [5.41, 5.74) is 3.40. The molecule has 4 heteroatoms. The van der Waals surface area contributed by atoms with Gasteiger partial charge in [0.1, 0.15) is 11.6 Å². The Balaban J connectivity index is 2.35. The lowest BCUT2D eigenvalue weighted by molar-refractivity contribution is 0.617. The number of nitrogens with zero attached hydrogens (tertiary/aromatic N) is 2. The number of hydrogen-bond donors (Lipinski definition) is 0. The number of aryl methyl sites for hydroxylation is 2. The largest absolute Gasteiger partial charge is 0.293 e. The highest BCUT2D eigenvalue weighted by Gasteiger charge is 2.15. The minimum absolute atomic E-state index is 0.260. The van der Waals surface area contributed by atoms with E-state index in [0.717, 1.165) is 22.4 Å². The fraction of sp³-hybridized carbons (Fsp3) is 0.188. The molecule has 3 aromatic rings. The van der Waals surface area contributed by atoms with Crippen LogP contribution in [0.1, 0.15) is 11.4 Å². The average Bonchev–Trinajstić information content (AvgIpc) is 2.80. The molecule has 1 heterocycles. The first kappa shape index (κ1) is 13.1. The maximum atomic E-state index is 14.1. The van der Waals surface area contributed by atoms with E-state index in [1.807, 2.05) is 35.8 Å². The van der Waals surface area contributed by atoms with Crippen LogP contribution >= 0.6 is 11.6 Å². The lowest BCUT2D eigenvalue weighted by Crippen LogP contribution is -2.04. The molecule has 0 radical (unpaired) electrons. The lowest BCUT2D eigenvalue weighted by Gasteiger charge is -2.09. The van der Waals surface area contributed by atoms with Crippen LogP contribution in [0.25, 0.3) is 16.7 Å². The highest BCUT2D eigenvalue weighted by atomic mass is 35.5. The van der Waals surface area contributed by atoms with Crippen molar-refractivity contribution >= 4 is 22.6 Å². The van der Waals surface area contributed by atoms with Crippen molar-refractivity contribution in [2.24, 2.45) is 0 Å². The number of fused-ring (bicyclic) bond motifs is 1. The quantitative estimate of drug-likeness (QED) is 0.659. The van der Waals surface area contributed by atoms with E-state index in [2.05, 4.69) is 4.98 Å². The molecule has 0 aliphatic carbocycles. The van der Waals surface area contributed by atoms with Crippen molar-refractivity contribution in [2.75, 3.05) is 5.88 Å². The van der Waals surface area contributed by atoms with E-state index < -0.39 is 0 Å². The molecule has 0 fully saturated rings. The van der Waals surface area contributed by atoms with E-state index >= 15 is 0 Å². The molecule has 0 atom stereocenters. The molecule has 3 rings (SSSR count). The Morgan fingerprint density at radius 2 is 1.95 bits per heavy atom. The SMILES string of the molecule is Cc1cccc2c1nc(CCCl)n2-c1ccccc1F. The van der Waals surface area contributed by atoms with Gasteiger partial charge >= 0.3 is 0 Å². The van der Waals surface area contributed by atoms with Gasteiger partial charge in [0.15, 0.2) is 0 Å². The number of imidazole rings is 1. The molecule has 0 N–H and O–H groups in total. The molecule has 20 heavy (non-hydrogen) atoms. The Morgan fingerprint density at radius 1 is 1.15 bits per heavy atom. The molecule has 0 saturated carbocycles. The number of hydrogen-bond acceptors (Lipinski definition) is 1. The van der Waals surface area contributed by atoms with Crippen LogP contribution in [0.3, 0.4) is 0 Å². The second-order valence-corrected chi connectivity index (χ2v) is 5.07. The first-order valence-electron chi connectivity index (χ1n) is 6.50. The van der Waals surface area contributed by atoms with Crippen molar-refractivity contribution < 1.29 is 4.39 Å². The first-order valence-corrected chi connectivity index (χ1v) is 7.03. The summed E-state index contributed by atoms with van der Waals surface area (Å²) in [5, 5.41) is 0. The van der Waals surface area contributed by atoms with Crippen molar-refractivity contribution in [3.05, 3.63) is 59.7 Å². The molecule has 2 nitrogen and oxygen atoms in total. The van der Waals surface area contributed by atoms with Gasteiger partial charge in [0.2, 0.25) is 0 Å². The smallest absolute Gasteiger partial charge is 0.147 e. The summed E-state index contributed by atoms with van der Waals surface area (Å²) in [6, 6.07) is 12.7. The topological polar surface area (TPSA) is 17.8 Å². The van der Waals surface area contributed by atoms with Gasteiger partial charge in [0.05, 0.1) is 16.7 Å². The number of aromatic nitrogens is 2. The second kappa shape index (κ2) is 5.25. The summed E-state index contributed by atoms with van der Waals surface area (Å²) >= 11 is 5.86. The number of benzene rings is 2. The molecule has 0 saturated heterocycles. The molecular formula is C16H14ClFN2. The second-order valence-electron chi connectivity index (χ2n) is 4.70. The summed E-state index contributed by atoms with van der Waals surface area (Å²) in [6.07, 6.45) is 0.601. The zero-order valence-corrected chi connectivity index (χ0v) is 11.9. The van der Waals surface area contributed by atoms with Crippen molar-refractivity contribution in [1.29, 1.82) is 0 Å². The van der Waals surface area contributed by atoms with Crippen molar-refractivity contribution in [3.63, 3.8) is 0 Å². The van der Waals surface area contributed by atoms with Gasteiger partial charge in [0, 0.05) is 12.3 Å². The zero-order valence-electron chi connectivity index (χ0n) is 11.1. The normalized spacial score (nSPS) is 11.2. The van der Waals surface area contributed by atoms with Gasteiger partial charge in [-0.25, -0.2) is 9.37 Å². The van der Waals surface area contributed by atoms with E-state index in [1.165, 1.54) is 6.07 Å². The fourth-order valence-corrected chi connectivity index (χ4v) is 2.61. The molecule has 0 amide bonds. The Labute approximate surface area is 121 Å². The standard InChI is InChI=1S/C16H14ClFN2/c1-11-5-4-8-14-16(11)19-15(9-10-17)20(14)13-7-3-2-6-12(13)18/h2-8H,9-10H2,1H3. The van der Waals surface area contributed by atoms with Crippen LogP contribution in [0.5, 0.6) is 0 Å². The van der Waals surface area contributed by atoms with Crippen LogP contribution in [0.2, 0.25) is 0 Å². The third kappa shape index (κ3) is 2.08. The van der Waals surface area contributed by atoms with Crippen LogP contribution < -0.4 is 0 Å². The minimum Gasteiger partial charge on any atom is -0.293 e. The van der Waals surface area contributed by atoms with E-state index in [0.29, 0.717) is 18.0 Å². The van der Waals surface area contributed by atoms with Gasteiger partial charge < -0.3 is 0 Å². The highest BCUT2D eigenvalue weighted by Crippen LogP contribution is 2.25. The Kier molecular flexibility index (Phi) is 3.45. The maximum absolute atomic E-state index is 14.1. The molecule has 1 aromatic heterocycles. The third-order valence-corrected chi connectivity index (χ3v) is 3.56. The van der Waals surface area contributed by atoms with Gasteiger partial charge in [-0.3, -0.25) is 4.57 Å². The molecule has 0 aliphatic rings. The van der Waals surface area contributed by atoms with Crippen LogP contribution in [0.15, 0.2) is 42.5 Å². The van der Waals surface area contributed by atoms with Crippen molar-refractivity contribution in [1.82, 2.24) is 9.55 Å². The summed E-state index contributed by atoms with van der Waals surface area (Å²) < 4.78 is 16.0. The van der Waals surface area contributed by atoms with E-state index in [-0.39, 0.29) is 5.82 Å². The van der Waals surface area contributed by atoms with Crippen LogP contribution in [0.4, 0.5) is 4.39 Å². The molecule has 2 aromatic carbocycles. The number of halogens is 2. The molecule has 102 valence electrons. The Hall–Kier alpha value is -1.87. The van der Waals surface area contributed by atoms with Crippen molar-refractivity contribution in [2.45, 2.75) is 13.3 Å². The summed E-state index contributed by atoms with van der Waals surface area (Å²) in [4.78, 5) is 4.63. The van der Waals surface area contributed by atoms with Crippen LogP contribution in [0, 0.1) is 12.7 Å². The van der Waals surface area contributed by atoms with Gasteiger partial charge in [-0.05, 0) is 30.7 Å². The van der Waals surface area contributed by atoms with Gasteiger partial charge in [0.25, 0.3) is 0 Å². The third-order valence-electron chi connectivity index (χ3n) is 3.37. The maximum Gasteiger partial charge on any atom is 0.147 e. The number of para-hydroxylation sites is 2. The Morgan fingerprint density at radius 3 is 2.70 bits per heavy atom. The molecule has 0 bridgehead atoms. The molecule has 0 aliphatic heterocycles. The first-order chi connectivity index (χ1) is 9.72. The highest BCUT2D eigenvalue weighted by molar-refractivity contribution is 6.17. The predicted molar refractivity (Wildman–Crippen MR) is 80.2 cm³/mol. The van der Waals surface area contributed by atoms with Crippen molar-refractivity contribution in [3.8, 4) is 5.69 Å². The summed E-state index contributed by atoms with van der Waals surface area (Å²) in [7, 11) is 0. The minimum atomic E-state index is -0.260. The van der Waals surface area contributed by atoms with E-state index in [9.17, 15) is 4.39 Å². The predicted octanol–water partition coefficient (Wildman–Crippen LogP) is 4.25. The molecular weight excluding hydrogens is 275 g/mol. The fourth-order valence-electron chi connectivity index (χ4n) is 2.44. The van der Waals surface area contributed by atoms with Crippen LogP contribution in [-0.2, 0) is 6.42 Å². The van der Waals surface area contributed by atoms with E-state index in [4.69, 9.17) is 11.6 Å². The number of rotatable bonds is 3. The Bertz CT molecular complexity index is 764. The van der Waals surface area contributed by atoms with Crippen LogP contribution in [-0.4, -0.2) is 15.4 Å². The van der Waals surface area contributed by atoms with Gasteiger partial charge in [-0.2, -0.15) is 0 Å². The van der Waals surface area contributed by atoms with Gasteiger partial charge in [-0.15, -0.1) is 11.6 Å². The average molecular weight is 289 g/mol. The summed E-state index contributed by atoms with van der Waals surface area (Å²) in [6.45, 7) is 2.01. The summed E-state index contributed by atoms with van der Waals surface area (Å²) in [5.74, 6) is 0.982. The van der Waals surface area contributed by atoms with E-state index in [1.54, 1.807) is 12.1 Å². The molecule has 0 unspecified atom stereocenters. The number of alkyl halides is 1.